The SMILES string of the molecule is CCC(C)c1c(Cl)c(C=O)c(C)n1C1CC1. The molecule has 1 atom stereocenters. The molecule has 16 heavy (non-hydrogen) atoms. The number of nitrogens with zero attached hydrogens (tertiary/aromatic N) is 1. The van der Waals surface area contributed by atoms with E-state index in [0.717, 1.165) is 24.1 Å². The van der Waals surface area contributed by atoms with Crippen molar-refractivity contribution < 1.29 is 4.79 Å². The highest BCUT2D eigenvalue weighted by Crippen LogP contribution is 2.43. The maximum atomic E-state index is 11.1. The Morgan fingerprint density at radius 2 is 2.19 bits per heavy atom. The van der Waals surface area contributed by atoms with E-state index in [0.29, 0.717) is 22.5 Å². The number of rotatable bonds is 4. The van der Waals surface area contributed by atoms with Crippen LogP contribution in [0.25, 0.3) is 0 Å². The number of halogens is 1. The van der Waals surface area contributed by atoms with Gasteiger partial charge in [0.2, 0.25) is 0 Å². The summed E-state index contributed by atoms with van der Waals surface area (Å²) in [6.45, 7) is 6.33. The summed E-state index contributed by atoms with van der Waals surface area (Å²) in [7, 11) is 0. The van der Waals surface area contributed by atoms with E-state index in [1.807, 2.05) is 6.92 Å². The molecule has 1 heterocycles. The second kappa shape index (κ2) is 4.25. The molecule has 2 nitrogen and oxygen atoms in total. The van der Waals surface area contributed by atoms with Gasteiger partial charge in [0.15, 0.2) is 6.29 Å². The molecular formula is C13H18ClNO. The van der Waals surface area contributed by atoms with E-state index in [4.69, 9.17) is 11.6 Å². The summed E-state index contributed by atoms with van der Waals surface area (Å²) in [5.74, 6) is 0.417. The van der Waals surface area contributed by atoms with Crippen LogP contribution in [-0.2, 0) is 0 Å². The Hall–Kier alpha value is -0.760. The molecule has 1 unspecified atom stereocenters. The topological polar surface area (TPSA) is 22.0 Å². The van der Waals surface area contributed by atoms with Gasteiger partial charge in [-0.1, -0.05) is 25.4 Å². The van der Waals surface area contributed by atoms with Gasteiger partial charge in [0.05, 0.1) is 10.6 Å². The largest absolute Gasteiger partial charge is 0.343 e. The Bertz CT molecular complexity index is 418. The second-order valence-electron chi connectivity index (χ2n) is 4.73. The van der Waals surface area contributed by atoms with E-state index >= 15 is 0 Å². The van der Waals surface area contributed by atoms with Gasteiger partial charge in [-0.3, -0.25) is 4.79 Å². The van der Waals surface area contributed by atoms with E-state index in [9.17, 15) is 4.79 Å². The van der Waals surface area contributed by atoms with Crippen LogP contribution in [0.4, 0.5) is 0 Å². The van der Waals surface area contributed by atoms with Crippen LogP contribution in [0.2, 0.25) is 5.02 Å². The van der Waals surface area contributed by atoms with Gasteiger partial charge in [0.25, 0.3) is 0 Å². The molecule has 0 N–H and O–H groups in total. The number of aldehydes is 1. The summed E-state index contributed by atoms with van der Waals surface area (Å²) in [6, 6.07) is 0.579. The number of hydrogen-bond donors (Lipinski definition) is 0. The molecule has 88 valence electrons. The zero-order valence-corrected chi connectivity index (χ0v) is 10.8. The minimum absolute atomic E-state index is 0.417. The number of carbonyl (C=O) groups excluding carboxylic acids is 1. The first-order chi connectivity index (χ1) is 7.61. The summed E-state index contributed by atoms with van der Waals surface area (Å²) in [5.41, 5.74) is 2.88. The van der Waals surface area contributed by atoms with Crippen molar-refractivity contribution in [2.45, 2.75) is 52.0 Å². The third kappa shape index (κ3) is 1.69. The highest BCUT2D eigenvalue weighted by atomic mass is 35.5. The van der Waals surface area contributed by atoms with Crippen molar-refractivity contribution in [2.24, 2.45) is 0 Å². The molecule has 0 bridgehead atoms. The van der Waals surface area contributed by atoms with Crippen LogP contribution >= 0.6 is 11.6 Å². The molecule has 1 fully saturated rings. The quantitative estimate of drug-likeness (QED) is 0.725. The summed E-state index contributed by atoms with van der Waals surface area (Å²) in [6.07, 6.45) is 4.37. The van der Waals surface area contributed by atoms with E-state index in [1.165, 1.54) is 12.8 Å². The van der Waals surface area contributed by atoms with E-state index in [1.54, 1.807) is 0 Å². The van der Waals surface area contributed by atoms with E-state index in [2.05, 4.69) is 18.4 Å². The second-order valence-corrected chi connectivity index (χ2v) is 5.10. The predicted molar refractivity (Wildman–Crippen MR) is 66.5 cm³/mol. The smallest absolute Gasteiger partial charge is 0.153 e. The van der Waals surface area contributed by atoms with Crippen LogP contribution in [0.3, 0.4) is 0 Å². The van der Waals surface area contributed by atoms with Gasteiger partial charge in [-0.2, -0.15) is 0 Å². The van der Waals surface area contributed by atoms with Crippen LogP contribution in [0.15, 0.2) is 0 Å². The molecule has 2 rings (SSSR count). The van der Waals surface area contributed by atoms with Crippen molar-refractivity contribution in [1.29, 1.82) is 0 Å². The molecular weight excluding hydrogens is 222 g/mol. The standard InChI is InChI=1S/C13H18ClNO/c1-4-8(2)13-12(14)11(7-16)9(3)15(13)10-5-6-10/h7-8,10H,4-6H2,1-3H3. The number of hydrogen-bond acceptors (Lipinski definition) is 1. The van der Waals surface area contributed by atoms with Crippen LogP contribution in [0, 0.1) is 6.92 Å². The van der Waals surface area contributed by atoms with E-state index < -0.39 is 0 Å². The normalized spacial score (nSPS) is 17.5. The molecule has 0 aliphatic heterocycles. The van der Waals surface area contributed by atoms with Gasteiger partial charge in [-0.15, -0.1) is 0 Å². The summed E-state index contributed by atoms with van der Waals surface area (Å²) in [4.78, 5) is 11.1. The Morgan fingerprint density at radius 3 is 2.62 bits per heavy atom. The molecule has 0 amide bonds. The first kappa shape index (κ1) is 11.7. The zero-order valence-electron chi connectivity index (χ0n) is 10.1. The maximum Gasteiger partial charge on any atom is 0.153 e. The molecule has 1 aliphatic carbocycles. The molecule has 3 heteroatoms. The fourth-order valence-electron chi connectivity index (χ4n) is 2.30. The van der Waals surface area contributed by atoms with Crippen molar-refractivity contribution in [3.05, 3.63) is 22.0 Å². The van der Waals surface area contributed by atoms with Crippen LogP contribution in [0.1, 0.15) is 66.8 Å². The highest BCUT2D eigenvalue weighted by molar-refractivity contribution is 6.34. The first-order valence-corrected chi connectivity index (χ1v) is 6.34. The Balaban J connectivity index is 2.59. The van der Waals surface area contributed by atoms with Crippen molar-refractivity contribution in [3.63, 3.8) is 0 Å². The third-order valence-electron chi connectivity index (χ3n) is 3.58. The van der Waals surface area contributed by atoms with Gasteiger partial charge >= 0.3 is 0 Å². The predicted octanol–water partition coefficient (Wildman–Crippen LogP) is 4.11. The van der Waals surface area contributed by atoms with Crippen molar-refractivity contribution in [3.8, 4) is 0 Å². The average Bonchev–Trinajstić information content (AvgIpc) is 3.05. The molecule has 1 saturated carbocycles. The molecule has 0 radical (unpaired) electrons. The van der Waals surface area contributed by atoms with Gasteiger partial charge in [-0.05, 0) is 32.1 Å². The van der Waals surface area contributed by atoms with Crippen molar-refractivity contribution in [2.75, 3.05) is 0 Å². The lowest BCUT2D eigenvalue weighted by molar-refractivity contribution is 0.112. The summed E-state index contributed by atoms with van der Waals surface area (Å²) < 4.78 is 2.29. The molecule has 1 aromatic heterocycles. The third-order valence-corrected chi connectivity index (χ3v) is 3.98. The van der Waals surface area contributed by atoms with E-state index in [-0.39, 0.29) is 0 Å². The zero-order chi connectivity index (χ0) is 11.9. The summed E-state index contributed by atoms with van der Waals surface area (Å²) in [5, 5.41) is 0.675. The van der Waals surface area contributed by atoms with Gasteiger partial charge in [0, 0.05) is 17.4 Å². The molecule has 0 aromatic carbocycles. The Morgan fingerprint density at radius 1 is 1.56 bits per heavy atom. The molecule has 0 saturated heterocycles. The minimum atomic E-state index is 0.417. The minimum Gasteiger partial charge on any atom is -0.343 e. The van der Waals surface area contributed by atoms with Gasteiger partial charge in [0.1, 0.15) is 0 Å². The lowest BCUT2D eigenvalue weighted by Gasteiger charge is -2.15. The lowest BCUT2D eigenvalue weighted by atomic mass is 10.0. The number of aromatic nitrogens is 1. The van der Waals surface area contributed by atoms with Crippen LogP contribution in [0.5, 0.6) is 0 Å². The Kier molecular flexibility index (Phi) is 3.11. The highest BCUT2D eigenvalue weighted by Gasteiger charge is 2.31. The van der Waals surface area contributed by atoms with Gasteiger partial charge in [-0.25, -0.2) is 0 Å². The van der Waals surface area contributed by atoms with Crippen LogP contribution < -0.4 is 0 Å². The average molecular weight is 240 g/mol. The van der Waals surface area contributed by atoms with Crippen LogP contribution in [-0.4, -0.2) is 10.9 Å². The fraction of sp³-hybridized carbons (Fsp3) is 0.615. The van der Waals surface area contributed by atoms with Crippen molar-refractivity contribution >= 4 is 17.9 Å². The molecule has 1 aliphatic rings. The lowest BCUT2D eigenvalue weighted by Crippen LogP contribution is -2.05. The molecule has 0 spiro atoms. The summed E-state index contributed by atoms with van der Waals surface area (Å²) >= 11 is 6.33. The monoisotopic (exact) mass is 239 g/mol. The van der Waals surface area contributed by atoms with Crippen molar-refractivity contribution in [1.82, 2.24) is 4.57 Å². The Labute approximate surface area is 102 Å². The maximum absolute atomic E-state index is 11.1. The first-order valence-electron chi connectivity index (χ1n) is 5.97. The van der Waals surface area contributed by atoms with Gasteiger partial charge < -0.3 is 4.57 Å². The fourth-order valence-corrected chi connectivity index (χ4v) is 2.76. The number of carbonyl (C=O) groups is 1. The molecule has 1 aromatic rings.